The first-order chi connectivity index (χ1) is 13.9. The van der Waals surface area contributed by atoms with Gasteiger partial charge in [0, 0.05) is 18.3 Å². The van der Waals surface area contributed by atoms with E-state index in [1.165, 1.54) is 36.1 Å². The Hall–Kier alpha value is -3.30. The summed E-state index contributed by atoms with van der Waals surface area (Å²) < 4.78 is 12.0. The standard InChI is InChI=1S/C18H14Cl2N4O5/c1-28-13-8-11(7-12(9-13)24(26)27)21-18(25)15-5-6-23(22-15)10-29-16-4-2-3-14(19)17(16)20/h2-9H,10H2,1H3,(H,21,25). The highest BCUT2D eigenvalue weighted by molar-refractivity contribution is 6.42. The van der Waals surface area contributed by atoms with E-state index in [2.05, 4.69) is 10.4 Å². The van der Waals surface area contributed by atoms with E-state index >= 15 is 0 Å². The Morgan fingerprint density at radius 3 is 2.79 bits per heavy atom. The van der Waals surface area contributed by atoms with E-state index < -0.39 is 10.8 Å². The summed E-state index contributed by atoms with van der Waals surface area (Å²) in [5, 5.41) is 18.3. The summed E-state index contributed by atoms with van der Waals surface area (Å²) in [7, 11) is 1.37. The number of benzene rings is 2. The van der Waals surface area contributed by atoms with Gasteiger partial charge >= 0.3 is 0 Å². The van der Waals surface area contributed by atoms with E-state index in [1.54, 1.807) is 24.4 Å². The van der Waals surface area contributed by atoms with Crippen LogP contribution < -0.4 is 14.8 Å². The predicted molar refractivity (Wildman–Crippen MR) is 107 cm³/mol. The number of carbonyl (C=O) groups is 1. The first kappa shape index (κ1) is 20.4. The van der Waals surface area contributed by atoms with E-state index in [-0.39, 0.29) is 34.6 Å². The molecule has 11 heteroatoms. The number of methoxy groups -OCH3 is 1. The van der Waals surface area contributed by atoms with Gasteiger partial charge in [-0.25, -0.2) is 4.68 Å². The van der Waals surface area contributed by atoms with Gasteiger partial charge in [-0.3, -0.25) is 14.9 Å². The molecule has 3 aromatic rings. The van der Waals surface area contributed by atoms with Crippen molar-refractivity contribution in [3.63, 3.8) is 0 Å². The quantitative estimate of drug-likeness (QED) is 0.434. The molecule has 1 heterocycles. The Morgan fingerprint density at radius 2 is 2.07 bits per heavy atom. The summed E-state index contributed by atoms with van der Waals surface area (Å²) in [5.74, 6) is 0.0725. The molecule has 0 saturated heterocycles. The first-order valence-corrected chi connectivity index (χ1v) is 8.88. The van der Waals surface area contributed by atoms with E-state index in [0.717, 1.165) is 0 Å². The fourth-order valence-corrected chi connectivity index (χ4v) is 2.71. The highest BCUT2D eigenvalue weighted by Gasteiger charge is 2.15. The topological polar surface area (TPSA) is 109 Å². The van der Waals surface area contributed by atoms with Crippen molar-refractivity contribution in [1.82, 2.24) is 9.78 Å². The van der Waals surface area contributed by atoms with E-state index in [0.29, 0.717) is 10.8 Å². The number of non-ortho nitro benzene ring substituents is 1. The molecule has 0 radical (unpaired) electrons. The summed E-state index contributed by atoms with van der Waals surface area (Å²) in [5.41, 5.74) is 0.0887. The second-order valence-corrected chi connectivity index (χ2v) is 6.48. The molecule has 0 unspecified atom stereocenters. The third-order valence-electron chi connectivity index (χ3n) is 3.74. The first-order valence-electron chi connectivity index (χ1n) is 8.12. The highest BCUT2D eigenvalue weighted by Crippen LogP contribution is 2.31. The molecule has 150 valence electrons. The zero-order chi connectivity index (χ0) is 21.0. The van der Waals surface area contributed by atoms with Crippen molar-refractivity contribution < 1.29 is 19.2 Å². The Bertz CT molecular complexity index is 1070. The van der Waals surface area contributed by atoms with Gasteiger partial charge in [0.1, 0.15) is 16.5 Å². The molecule has 3 rings (SSSR count). The minimum absolute atomic E-state index is 0.00201. The second kappa shape index (κ2) is 8.80. The largest absolute Gasteiger partial charge is 0.496 e. The Morgan fingerprint density at radius 1 is 1.28 bits per heavy atom. The molecule has 1 amide bonds. The molecular formula is C18H14Cl2N4O5. The van der Waals surface area contributed by atoms with Crippen molar-refractivity contribution >= 4 is 40.5 Å². The van der Waals surface area contributed by atoms with Crippen LogP contribution in [0.15, 0.2) is 48.7 Å². The van der Waals surface area contributed by atoms with Crippen LogP contribution >= 0.6 is 23.2 Å². The summed E-state index contributed by atoms with van der Waals surface area (Å²) in [6.07, 6.45) is 1.54. The number of carbonyl (C=O) groups excluding carboxylic acids is 1. The highest BCUT2D eigenvalue weighted by atomic mass is 35.5. The lowest BCUT2D eigenvalue weighted by Crippen LogP contribution is -2.14. The molecule has 0 aliphatic carbocycles. The Labute approximate surface area is 174 Å². The average molecular weight is 437 g/mol. The van der Waals surface area contributed by atoms with Crippen LogP contribution in [0.25, 0.3) is 0 Å². The molecule has 0 fully saturated rings. The van der Waals surface area contributed by atoms with Crippen LogP contribution in [0, 0.1) is 10.1 Å². The van der Waals surface area contributed by atoms with Crippen molar-refractivity contribution in [3.05, 3.63) is 74.5 Å². The Kier molecular flexibility index (Phi) is 6.20. The normalized spacial score (nSPS) is 10.4. The van der Waals surface area contributed by atoms with Gasteiger partial charge in [-0.15, -0.1) is 0 Å². The molecule has 29 heavy (non-hydrogen) atoms. The van der Waals surface area contributed by atoms with E-state index in [1.807, 2.05) is 0 Å². The summed E-state index contributed by atoms with van der Waals surface area (Å²) in [4.78, 5) is 22.8. The molecule has 9 nitrogen and oxygen atoms in total. The minimum Gasteiger partial charge on any atom is -0.496 e. The number of halogens is 2. The molecule has 0 bridgehead atoms. The molecule has 1 N–H and O–H groups in total. The van der Waals surface area contributed by atoms with Crippen LogP contribution in [-0.4, -0.2) is 27.7 Å². The summed E-state index contributed by atoms with van der Waals surface area (Å²) in [6, 6.07) is 10.4. The van der Waals surface area contributed by atoms with Crippen LogP contribution in [-0.2, 0) is 6.73 Å². The van der Waals surface area contributed by atoms with Crippen LogP contribution in [0.2, 0.25) is 10.0 Å². The number of hydrogen-bond donors (Lipinski definition) is 1. The molecule has 0 atom stereocenters. The number of aromatic nitrogens is 2. The molecule has 0 spiro atoms. The van der Waals surface area contributed by atoms with Crippen molar-refractivity contribution in [1.29, 1.82) is 0 Å². The third kappa shape index (κ3) is 4.95. The van der Waals surface area contributed by atoms with Crippen molar-refractivity contribution in [2.75, 3.05) is 12.4 Å². The van der Waals surface area contributed by atoms with Crippen LogP contribution in [0.3, 0.4) is 0 Å². The Balaban J connectivity index is 1.69. The van der Waals surface area contributed by atoms with E-state index in [4.69, 9.17) is 32.7 Å². The number of rotatable bonds is 7. The maximum Gasteiger partial charge on any atom is 0.276 e. The van der Waals surface area contributed by atoms with Gasteiger partial charge < -0.3 is 14.8 Å². The lowest BCUT2D eigenvalue weighted by Gasteiger charge is -2.08. The third-order valence-corrected chi connectivity index (χ3v) is 4.54. The SMILES string of the molecule is COc1cc(NC(=O)c2ccn(COc3cccc(Cl)c3Cl)n2)cc([N+](=O)[O-])c1. The van der Waals surface area contributed by atoms with Gasteiger partial charge in [-0.1, -0.05) is 29.3 Å². The molecule has 2 aromatic carbocycles. The smallest absolute Gasteiger partial charge is 0.276 e. The van der Waals surface area contributed by atoms with Crippen LogP contribution in [0.1, 0.15) is 10.5 Å². The number of nitro groups is 1. The van der Waals surface area contributed by atoms with Crippen LogP contribution in [0.4, 0.5) is 11.4 Å². The lowest BCUT2D eigenvalue weighted by molar-refractivity contribution is -0.384. The van der Waals surface area contributed by atoms with Crippen LogP contribution in [0.5, 0.6) is 11.5 Å². The van der Waals surface area contributed by atoms with E-state index in [9.17, 15) is 14.9 Å². The fraction of sp³-hybridized carbons (Fsp3) is 0.111. The van der Waals surface area contributed by atoms with Gasteiger partial charge in [0.2, 0.25) is 0 Å². The maximum atomic E-state index is 12.4. The summed E-state index contributed by atoms with van der Waals surface area (Å²) >= 11 is 12.0. The maximum absolute atomic E-state index is 12.4. The minimum atomic E-state index is -0.578. The lowest BCUT2D eigenvalue weighted by atomic mass is 10.2. The van der Waals surface area contributed by atoms with Gasteiger partial charge in [0.05, 0.1) is 28.8 Å². The predicted octanol–water partition coefficient (Wildman–Crippen LogP) is 4.40. The number of nitrogens with one attached hydrogen (secondary N) is 1. The summed E-state index contributed by atoms with van der Waals surface area (Å²) in [6.45, 7) is -0.00201. The van der Waals surface area contributed by atoms with Crippen molar-refractivity contribution in [2.24, 2.45) is 0 Å². The number of amides is 1. The van der Waals surface area contributed by atoms with Gasteiger partial charge in [-0.2, -0.15) is 5.10 Å². The van der Waals surface area contributed by atoms with Crippen molar-refractivity contribution in [2.45, 2.75) is 6.73 Å². The molecule has 0 aliphatic rings. The number of anilines is 1. The fourth-order valence-electron chi connectivity index (χ4n) is 2.36. The molecular weight excluding hydrogens is 423 g/mol. The van der Waals surface area contributed by atoms with Gasteiger partial charge in [-0.05, 0) is 18.2 Å². The zero-order valence-corrected chi connectivity index (χ0v) is 16.5. The number of nitrogens with zero attached hydrogens (tertiary/aromatic N) is 3. The molecule has 1 aromatic heterocycles. The zero-order valence-electron chi connectivity index (χ0n) is 15.0. The molecule has 0 aliphatic heterocycles. The molecule has 0 saturated carbocycles. The second-order valence-electron chi connectivity index (χ2n) is 5.70. The number of hydrogen-bond acceptors (Lipinski definition) is 6. The van der Waals surface area contributed by atoms with Gasteiger partial charge in [0.25, 0.3) is 11.6 Å². The van der Waals surface area contributed by atoms with Gasteiger partial charge in [0.15, 0.2) is 12.4 Å². The monoisotopic (exact) mass is 436 g/mol. The van der Waals surface area contributed by atoms with Crippen molar-refractivity contribution in [3.8, 4) is 11.5 Å². The average Bonchev–Trinajstić information content (AvgIpc) is 3.18. The number of ether oxygens (including phenoxy) is 2. The number of nitro benzene ring substituents is 1.